The summed E-state index contributed by atoms with van der Waals surface area (Å²) in [4.78, 5) is 12.3. The molecule has 0 unspecified atom stereocenters. The molecule has 0 spiro atoms. The maximum absolute atomic E-state index is 5.46. The lowest BCUT2D eigenvalue weighted by Crippen LogP contribution is -2.00. The molecule has 0 saturated heterocycles. The fraction of sp³-hybridized carbons (Fsp3) is 0.125. The van der Waals surface area contributed by atoms with Crippen LogP contribution >= 0.6 is 11.3 Å². The van der Waals surface area contributed by atoms with Gasteiger partial charge in [0, 0.05) is 11.9 Å². The standard InChI is InChI=1S/C8H8N4S/c9-2-6-1-7(11-4-10-6)8-3-13-5-12-8/h1,3-5H,2,9H2. The maximum Gasteiger partial charge on any atom is 0.116 e. The van der Waals surface area contributed by atoms with E-state index in [1.807, 2.05) is 11.4 Å². The Balaban J connectivity index is 2.41. The van der Waals surface area contributed by atoms with Gasteiger partial charge in [0.2, 0.25) is 0 Å². The van der Waals surface area contributed by atoms with Gasteiger partial charge in [0.05, 0.1) is 22.6 Å². The summed E-state index contributed by atoms with van der Waals surface area (Å²) in [5, 5.41) is 1.95. The van der Waals surface area contributed by atoms with E-state index in [0.717, 1.165) is 17.1 Å². The van der Waals surface area contributed by atoms with Crippen LogP contribution < -0.4 is 5.73 Å². The van der Waals surface area contributed by atoms with Crippen molar-refractivity contribution in [2.75, 3.05) is 0 Å². The first-order valence-corrected chi connectivity index (χ1v) is 4.74. The fourth-order valence-corrected chi connectivity index (χ4v) is 1.53. The van der Waals surface area contributed by atoms with Crippen molar-refractivity contribution >= 4 is 11.3 Å². The van der Waals surface area contributed by atoms with Crippen LogP contribution in [0.2, 0.25) is 0 Å². The molecule has 66 valence electrons. The topological polar surface area (TPSA) is 64.7 Å². The van der Waals surface area contributed by atoms with Crippen molar-refractivity contribution in [3.63, 3.8) is 0 Å². The summed E-state index contributed by atoms with van der Waals surface area (Å²) in [5.41, 5.74) is 9.78. The normalized spacial score (nSPS) is 10.2. The summed E-state index contributed by atoms with van der Waals surface area (Å²) < 4.78 is 0. The van der Waals surface area contributed by atoms with Crippen LogP contribution in [0, 0.1) is 0 Å². The molecule has 5 heteroatoms. The molecule has 4 nitrogen and oxygen atoms in total. The number of rotatable bonds is 2. The van der Waals surface area contributed by atoms with Gasteiger partial charge in [-0.2, -0.15) is 0 Å². The van der Waals surface area contributed by atoms with E-state index in [2.05, 4.69) is 15.0 Å². The summed E-state index contributed by atoms with van der Waals surface area (Å²) in [6, 6.07) is 1.86. The monoisotopic (exact) mass is 192 g/mol. The minimum absolute atomic E-state index is 0.430. The molecule has 0 fully saturated rings. The largest absolute Gasteiger partial charge is 0.325 e. The summed E-state index contributed by atoms with van der Waals surface area (Å²) in [5.74, 6) is 0. The Morgan fingerprint density at radius 2 is 2.15 bits per heavy atom. The number of thiazole rings is 1. The summed E-state index contributed by atoms with van der Waals surface area (Å²) in [7, 11) is 0. The molecule has 0 amide bonds. The van der Waals surface area contributed by atoms with Crippen LogP contribution in [0.4, 0.5) is 0 Å². The molecule has 13 heavy (non-hydrogen) atoms. The lowest BCUT2D eigenvalue weighted by Gasteiger charge is -1.97. The quantitative estimate of drug-likeness (QED) is 0.772. The molecule has 2 aromatic rings. The van der Waals surface area contributed by atoms with E-state index in [-0.39, 0.29) is 0 Å². The average molecular weight is 192 g/mol. The zero-order valence-corrected chi connectivity index (χ0v) is 7.66. The summed E-state index contributed by atoms with van der Waals surface area (Å²) in [6.45, 7) is 0.430. The predicted octanol–water partition coefficient (Wildman–Crippen LogP) is 1.06. The number of hydrogen-bond donors (Lipinski definition) is 1. The molecule has 0 saturated carbocycles. The van der Waals surface area contributed by atoms with Gasteiger partial charge in [-0.25, -0.2) is 15.0 Å². The van der Waals surface area contributed by atoms with Crippen LogP contribution in [0.25, 0.3) is 11.4 Å². The molecule has 0 aromatic carbocycles. The van der Waals surface area contributed by atoms with Gasteiger partial charge in [-0.3, -0.25) is 0 Å². The first-order valence-electron chi connectivity index (χ1n) is 3.79. The second kappa shape index (κ2) is 3.59. The highest BCUT2D eigenvalue weighted by Gasteiger charge is 2.01. The SMILES string of the molecule is NCc1cc(-c2cscn2)ncn1. The zero-order chi connectivity index (χ0) is 9.10. The summed E-state index contributed by atoms with van der Waals surface area (Å²) >= 11 is 1.55. The molecule has 2 heterocycles. The van der Waals surface area contributed by atoms with Crippen LogP contribution in [-0.4, -0.2) is 15.0 Å². The molecule has 0 aliphatic carbocycles. The first kappa shape index (κ1) is 8.28. The Morgan fingerprint density at radius 1 is 1.23 bits per heavy atom. The number of hydrogen-bond acceptors (Lipinski definition) is 5. The van der Waals surface area contributed by atoms with Gasteiger partial charge in [0.25, 0.3) is 0 Å². The van der Waals surface area contributed by atoms with E-state index < -0.39 is 0 Å². The third-order valence-corrected chi connectivity index (χ3v) is 2.21. The lowest BCUT2D eigenvalue weighted by molar-refractivity contribution is 0.965. The highest BCUT2D eigenvalue weighted by atomic mass is 32.1. The number of nitrogens with zero attached hydrogens (tertiary/aromatic N) is 3. The highest BCUT2D eigenvalue weighted by Crippen LogP contribution is 2.15. The van der Waals surface area contributed by atoms with E-state index in [4.69, 9.17) is 5.73 Å². The Labute approximate surface area is 79.5 Å². The number of nitrogens with two attached hydrogens (primary N) is 1. The van der Waals surface area contributed by atoms with Crippen molar-refractivity contribution in [3.05, 3.63) is 29.0 Å². The Kier molecular flexibility index (Phi) is 2.29. The zero-order valence-electron chi connectivity index (χ0n) is 6.84. The van der Waals surface area contributed by atoms with Crippen LogP contribution in [0.3, 0.4) is 0 Å². The molecular weight excluding hydrogens is 184 g/mol. The van der Waals surface area contributed by atoms with Crippen LogP contribution in [0.5, 0.6) is 0 Å². The third kappa shape index (κ3) is 1.71. The molecule has 0 aliphatic rings. The van der Waals surface area contributed by atoms with E-state index in [9.17, 15) is 0 Å². The van der Waals surface area contributed by atoms with Gasteiger partial charge in [0.15, 0.2) is 0 Å². The van der Waals surface area contributed by atoms with Gasteiger partial charge < -0.3 is 5.73 Å². The van der Waals surface area contributed by atoms with Crippen molar-refractivity contribution < 1.29 is 0 Å². The smallest absolute Gasteiger partial charge is 0.116 e. The fourth-order valence-electron chi connectivity index (χ4n) is 0.988. The molecule has 0 atom stereocenters. The lowest BCUT2D eigenvalue weighted by atomic mass is 10.3. The highest BCUT2D eigenvalue weighted by molar-refractivity contribution is 7.07. The Bertz CT molecular complexity index is 385. The molecule has 2 N–H and O–H groups in total. The van der Waals surface area contributed by atoms with E-state index >= 15 is 0 Å². The average Bonchev–Trinajstić information content (AvgIpc) is 2.71. The van der Waals surface area contributed by atoms with E-state index in [1.54, 1.807) is 16.8 Å². The van der Waals surface area contributed by atoms with Crippen molar-refractivity contribution in [2.45, 2.75) is 6.54 Å². The van der Waals surface area contributed by atoms with Crippen LogP contribution in [0.1, 0.15) is 5.69 Å². The first-order chi connectivity index (χ1) is 6.40. The van der Waals surface area contributed by atoms with Crippen molar-refractivity contribution in [1.82, 2.24) is 15.0 Å². The molecular formula is C8H8N4S. The summed E-state index contributed by atoms with van der Waals surface area (Å²) in [6.07, 6.45) is 1.51. The van der Waals surface area contributed by atoms with E-state index in [1.165, 1.54) is 6.33 Å². The number of aromatic nitrogens is 3. The second-order valence-corrected chi connectivity index (χ2v) is 3.19. The van der Waals surface area contributed by atoms with Gasteiger partial charge in [-0.15, -0.1) is 11.3 Å². The predicted molar refractivity (Wildman–Crippen MR) is 51.0 cm³/mol. The van der Waals surface area contributed by atoms with Crippen LogP contribution in [-0.2, 0) is 6.54 Å². The van der Waals surface area contributed by atoms with Gasteiger partial charge in [0.1, 0.15) is 6.33 Å². The van der Waals surface area contributed by atoms with Gasteiger partial charge in [-0.1, -0.05) is 0 Å². The molecule has 0 radical (unpaired) electrons. The minimum Gasteiger partial charge on any atom is -0.325 e. The molecule has 2 rings (SSSR count). The second-order valence-electron chi connectivity index (χ2n) is 2.47. The van der Waals surface area contributed by atoms with Crippen molar-refractivity contribution in [1.29, 1.82) is 0 Å². The molecule has 2 aromatic heterocycles. The maximum atomic E-state index is 5.46. The van der Waals surface area contributed by atoms with Crippen LogP contribution in [0.15, 0.2) is 23.3 Å². The van der Waals surface area contributed by atoms with Gasteiger partial charge >= 0.3 is 0 Å². The Hall–Kier alpha value is -1.33. The molecule has 0 bridgehead atoms. The van der Waals surface area contributed by atoms with Crippen molar-refractivity contribution in [3.8, 4) is 11.4 Å². The van der Waals surface area contributed by atoms with Gasteiger partial charge in [-0.05, 0) is 6.07 Å². The Morgan fingerprint density at radius 3 is 2.85 bits per heavy atom. The van der Waals surface area contributed by atoms with Crippen molar-refractivity contribution in [2.24, 2.45) is 5.73 Å². The third-order valence-electron chi connectivity index (χ3n) is 1.63. The van der Waals surface area contributed by atoms with E-state index in [0.29, 0.717) is 6.54 Å². The molecule has 0 aliphatic heterocycles. The minimum atomic E-state index is 0.430.